The Hall–Kier alpha value is -2.31. The number of carbonyl (C=O) groups excluding carboxylic acids is 1. The molecule has 0 saturated heterocycles. The van der Waals surface area contributed by atoms with E-state index in [1.165, 1.54) is 0 Å². The zero-order chi connectivity index (χ0) is 17.0. The van der Waals surface area contributed by atoms with Gasteiger partial charge in [0.2, 0.25) is 0 Å². The molecule has 0 N–H and O–H groups in total. The van der Waals surface area contributed by atoms with Gasteiger partial charge in [-0.25, -0.2) is 0 Å². The number of amides is 1. The van der Waals surface area contributed by atoms with Crippen LogP contribution in [-0.4, -0.2) is 16.3 Å². The lowest BCUT2D eigenvalue weighted by Gasteiger charge is -2.39. The average Bonchev–Trinajstić information content (AvgIpc) is 2.52. The Morgan fingerprint density at radius 2 is 1.65 bits per heavy atom. The van der Waals surface area contributed by atoms with Crippen LogP contribution in [-0.2, 0) is 0 Å². The van der Waals surface area contributed by atoms with Gasteiger partial charge in [-0.3, -0.25) is 4.79 Å². The monoisotopic (exact) mass is 326 g/mol. The van der Waals surface area contributed by atoms with Gasteiger partial charge in [-0.05, 0) is 39.0 Å². The third-order valence-corrected chi connectivity index (χ3v) is 3.89. The second kappa shape index (κ2) is 6.85. The number of halogens is 1. The van der Waals surface area contributed by atoms with E-state index in [1.807, 2.05) is 45.0 Å². The predicted molar refractivity (Wildman–Crippen MR) is 92.2 cm³/mol. The van der Waals surface area contributed by atoms with E-state index < -0.39 is 11.6 Å². The normalized spacial score (nSPS) is 12.3. The van der Waals surface area contributed by atoms with E-state index >= 15 is 0 Å². The molecule has 23 heavy (non-hydrogen) atoms. The SMILES string of the molecule is CC(C)(C)N(C(=O)c1ccccc1)C(C#N)c1ccccc1Cl. The Balaban J connectivity index is 2.53. The van der Waals surface area contributed by atoms with E-state index in [0.29, 0.717) is 16.1 Å². The fraction of sp³-hybridized carbons (Fsp3) is 0.263. The van der Waals surface area contributed by atoms with Crippen LogP contribution in [0, 0.1) is 11.3 Å². The maximum absolute atomic E-state index is 13.0. The second-order valence-electron chi connectivity index (χ2n) is 6.27. The van der Waals surface area contributed by atoms with Crippen molar-refractivity contribution in [1.29, 1.82) is 5.26 Å². The molecule has 2 aromatic carbocycles. The fourth-order valence-corrected chi connectivity index (χ4v) is 2.73. The van der Waals surface area contributed by atoms with Crippen molar-refractivity contribution in [3.8, 4) is 6.07 Å². The Morgan fingerprint density at radius 3 is 2.17 bits per heavy atom. The molecule has 0 radical (unpaired) electrons. The summed E-state index contributed by atoms with van der Waals surface area (Å²) in [6.07, 6.45) is 0. The topological polar surface area (TPSA) is 44.1 Å². The molecule has 1 unspecified atom stereocenters. The molecule has 0 aromatic heterocycles. The largest absolute Gasteiger partial charge is 0.314 e. The first-order valence-corrected chi connectivity index (χ1v) is 7.77. The minimum atomic E-state index is -0.753. The summed E-state index contributed by atoms with van der Waals surface area (Å²) >= 11 is 6.25. The van der Waals surface area contributed by atoms with Crippen LogP contribution in [0.5, 0.6) is 0 Å². The maximum Gasteiger partial charge on any atom is 0.255 e. The summed E-state index contributed by atoms with van der Waals surface area (Å²) < 4.78 is 0. The molecule has 4 heteroatoms. The summed E-state index contributed by atoms with van der Waals surface area (Å²) in [5, 5.41) is 10.2. The van der Waals surface area contributed by atoms with Gasteiger partial charge in [0.1, 0.15) is 6.04 Å². The third-order valence-electron chi connectivity index (χ3n) is 3.54. The Labute approximate surface area is 142 Å². The Morgan fingerprint density at radius 1 is 1.09 bits per heavy atom. The van der Waals surface area contributed by atoms with Crippen molar-refractivity contribution in [2.45, 2.75) is 32.4 Å². The second-order valence-corrected chi connectivity index (χ2v) is 6.67. The summed E-state index contributed by atoms with van der Waals surface area (Å²) in [6, 6.07) is 17.6. The molecule has 0 heterocycles. The Bertz CT molecular complexity index is 729. The average molecular weight is 327 g/mol. The van der Waals surface area contributed by atoms with E-state index in [1.54, 1.807) is 35.2 Å². The van der Waals surface area contributed by atoms with Crippen LogP contribution in [0.25, 0.3) is 0 Å². The molecule has 0 saturated carbocycles. The molecule has 1 amide bonds. The van der Waals surface area contributed by atoms with Crippen molar-refractivity contribution in [3.63, 3.8) is 0 Å². The number of hydrogen-bond acceptors (Lipinski definition) is 2. The summed E-state index contributed by atoms with van der Waals surface area (Å²) in [5.74, 6) is -0.190. The van der Waals surface area contributed by atoms with Crippen LogP contribution >= 0.6 is 11.6 Å². The van der Waals surface area contributed by atoms with Crippen LogP contribution in [0.1, 0.15) is 42.7 Å². The highest BCUT2D eigenvalue weighted by molar-refractivity contribution is 6.31. The van der Waals surface area contributed by atoms with Crippen molar-refractivity contribution in [1.82, 2.24) is 4.90 Å². The van der Waals surface area contributed by atoms with Gasteiger partial charge >= 0.3 is 0 Å². The zero-order valence-electron chi connectivity index (χ0n) is 13.5. The molecule has 0 aliphatic rings. The minimum Gasteiger partial charge on any atom is -0.314 e. The van der Waals surface area contributed by atoms with Crippen molar-refractivity contribution in [2.75, 3.05) is 0 Å². The number of nitriles is 1. The predicted octanol–water partition coefficient (Wildman–Crippen LogP) is 4.85. The molecule has 0 aliphatic heterocycles. The maximum atomic E-state index is 13.0. The summed E-state index contributed by atoms with van der Waals surface area (Å²) in [5.41, 5.74) is 0.651. The zero-order valence-corrected chi connectivity index (χ0v) is 14.2. The summed E-state index contributed by atoms with van der Waals surface area (Å²) in [4.78, 5) is 14.6. The van der Waals surface area contributed by atoms with Gasteiger partial charge in [-0.15, -0.1) is 0 Å². The van der Waals surface area contributed by atoms with Crippen molar-refractivity contribution in [2.24, 2.45) is 0 Å². The first kappa shape index (κ1) is 17.1. The van der Waals surface area contributed by atoms with Gasteiger partial charge in [-0.1, -0.05) is 48.0 Å². The summed E-state index contributed by atoms with van der Waals surface area (Å²) in [7, 11) is 0. The lowest BCUT2D eigenvalue weighted by atomic mass is 9.97. The van der Waals surface area contributed by atoms with E-state index in [2.05, 4.69) is 6.07 Å². The molecule has 3 nitrogen and oxygen atoms in total. The lowest BCUT2D eigenvalue weighted by Crippen LogP contribution is -2.47. The first-order chi connectivity index (χ1) is 10.9. The number of hydrogen-bond donors (Lipinski definition) is 0. The molecule has 118 valence electrons. The molecule has 2 aromatic rings. The van der Waals surface area contributed by atoms with E-state index in [9.17, 15) is 10.1 Å². The first-order valence-electron chi connectivity index (χ1n) is 7.39. The molecule has 0 fully saturated rings. The van der Waals surface area contributed by atoms with Gasteiger partial charge in [0, 0.05) is 21.7 Å². The van der Waals surface area contributed by atoms with Gasteiger partial charge < -0.3 is 4.90 Å². The highest BCUT2D eigenvalue weighted by Gasteiger charge is 2.35. The van der Waals surface area contributed by atoms with Crippen molar-refractivity contribution < 1.29 is 4.79 Å². The quantitative estimate of drug-likeness (QED) is 0.809. The molecule has 0 aliphatic carbocycles. The van der Waals surface area contributed by atoms with E-state index in [0.717, 1.165) is 0 Å². The van der Waals surface area contributed by atoms with Gasteiger partial charge in [0.15, 0.2) is 0 Å². The highest BCUT2D eigenvalue weighted by Crippen LogP contribution is 2.33. The lowest BCUT2D eigenvalue weighted by molar-refractivity contribution is 0.0509. The third kappa shape index (κ3) is 3.72. The standard InChI is InChI=1S/C19H19ClN2O/c1-19(2,3)22(18(23)14-9-5-4-6-10-14)17(13-21)15-11-7-8-12-16(15)20/h4-12,17H,1-3H3. The van der Waals surface area contributed by atoms with Crippen LogP contribution < -0.4 is 0 Å². The van der Waals surface area contributed by atoms with Crippen molar-refractivity contribution >= 4 is 17.5 Å². The van der Waals surface area contributed by atoms with Gasteiger partial charge in [-0.2, -0.15) is 5.26 Å². The van der Waals surface area contributed by atoms with E-state index in [-0.39, 0.29) is 5.91 Å². The number of carbonyl (C=O) groups is 1. The summed E-state index contributed by atoms with van der Waals surface area (Å²) in [6.45, 7) is 5.74. The molecule has 0 bridgehead atoms. The van der Waals surface area contributed by atoms with Gasteiger partial charge in [0.25, 0.3) is 5.91 Å². The smallest absolute Gasteiger partial charge is 0.255 e. The molecular formula is C19H19ClN2O. The molecule has 1 atom stereocenters. The Kier molecular flexibility index (Phi) is 5.08. The van der Waals surface area contributed by atoms with Crippen molar-refractivity contribution in [3.05, 3.63) is 70.7 Å². The van der Waals surface area contributed by atoms with Crippen LogP contribution in [0.2, 0.25) is 5.02 Å². The molecule has 0 spiro atoms. The number of nitrogens with zero attached hydrogens (tertiary/aromatic N) is 2. The van der Waals surface area contributed by atoms with Crippen LogP contribution in [0.15, 0.2) is 54.6 Å². The van der Waals surface area contributed by atoms with Gasteiger partial charge in [0.05, 0.1) is 6.07 Å². The highest BCUT2D eigenvalue weighted by atomic mass is 35.5. The number of benzene rings is 2. The minimum absolute atomic E-state index is 0.190. The van der Waals surface area contributed by atoms with E-state index in [4.69, 9.17) is 11.6 Å². The molecule has 2 rings (SSSR count). The number of rotatable bonds is 3. The molecular weight excluding hydrogens is 308 g/mol. The fourth-order valence-electron chi connectivity index (χ4n) is 2.49. The van der Waals surface area contributed by atoms with Crippen LogP contribution in [0.3, 0.4) is 0 Å². The van der Waals surface area contributed by atoms with Crippen LogP contribution in [0.4, 0.5) is 0 Å².